The van der Waals surface area contributed by atoms with E-state index in [1.54, 1.807) is 25.3 Å². The van der Waals surface area contributed by atoms with E-state index in [2.05, 4.69) is 10.2 Å². The van der Waals surface area contributed by atoms with Gasteiger partial charge in [0.2, 0.25) is 0 Å². The van der Waals surface area contributed by atoms with Crippen LogP contribution < -0.4 is 0 Å². The molecule has 0 spiro atoms. The summed E-state index contributed by atoms with van der Waals surface area (Å²) in [6.07, 6.45) is 2.97. The van der Waals surface area contributed by atoms with E-state index in [1.165, 1.54) is 18.4 Å². The van der Waals surface area contributed by atoms with Gasteiger partial charge in [-0.2, -0.15) is 5.10 Å². The Balaban J connectivity index is 2.18. The van der Waals surface area contributed by atoms with Gasteiger partial charge in [0.1, 0.15) is 5.82 Å². The maximum Gasteiger partial charge on any atom is 0.151 e. The molecule has 0 aliphatic heterocycles. The molecule has 0 aliphatic carbocycles. The minimum Gasteiger partial charge on any atom is -0.298 e. The average Bonchev–Trinajstić information content (AvgIpc) is 2.93. The van der Waals surface area contributed by atoms with Crippen LogP contribution in [0.15, 0.2) is 30.5 Å². The molecule has 0 amide bonds. The zero-order valence-corrected chi connectivity index (χ0v) is 14.6. The summed E-state index contributed by atoms with van der Waals surface area (Å²) >= 11 is 0. The molecule has 1 N–H and O–H groups in total. The van der Waals surface area contributed by atoms with Crippen LogP contribution in [0.4, 0.5) is 4.39 Å². The van der Waals surface area contributed by atoms with E-state index in [4.69, 9.17) is 0 Å². The number of aromatic amines is 1. The molecule has 2 atom stereocenters. The molecule has 0 saturated carbocycles. The fraction of sp³-hybridized carbons (Fsp3) is 0.438. The third-order valence-electron chi connectivity index (χ3n) is 4.32. The number of halogens is 1. The molecule has 0 aliphatic rings. The first kappa shape index (κ1) is 17.6. The number of hydrogen-bond donors (Lipinski definition) is 1. The molecule has 23 heavy (non-hydrogen) atoms. The fourth-order valence-corrected chi connectivity index (χ4v) is 3.35. The van der Waals surface area contributed by atoms with Crippen molar-refractivity contribution in [2.45, 2.75) is 31.7 Å². The predicted octanol–water partition coefficient (Wildman–Crippen LogP) is 2.47. The SMILES string of the molecule is C[C@H]([C@H](C)N(C)Cc1cn[nH]c1-c1ccc(F)cc1)S(C)(=O)=O. The quantitative estimate of drug-likeness (QED) is 0.878. The average molecular weight is 339 g/mol. The minimum atomic E-state index is -3.10. The third-order valence-corrected chi connectivity index (χ3v) is 6.07. The number of nitrogens with one attached hydrogen (secondary N) is 1. The zero-order chi connectivity index (χ0) is 17.2. The van der Waals surface area contributed by atoms with Crippen molar-refractivity contribution in [1.82, 2.24) is 15.1 Å². The number of benzene rings is 1. The summed E-state index contributed by atoms with van der Waals surface area (Å²) < 4.78 is 36.5. The highest BCUT2D eigenvalue weighted by Crippen LogP contribution is 2.23. The molecular weight excluding hydrogens is 317 g/mol. The molecule has 7 heteroatoms. The van der Waals surface area contributed by atoms with Crippen molar-refractivity contribution in [3.8, 4) is 11.3 Å². The molecular formula is C16H22FN3O2S. The van der Waals surface area contributed by atoms with Gasteiger partial charge in [-0.05, 0) is 45.2 Å². The first-order valence-electron chi connectivity index (χ1n) is 7.37. The Hall–Kier alpha value is -1.73. The first-order chi connectivity index (χ1) is 10.7. The van der Waals surface area contributed by atoms with Crippen molar-refractivity contribution in [3.05, 3.63) is 41.8 Å². The molecule has 0 saturated heterocycles. The van der Waals surface area contributed by atoms with E-state index in [0.29, 0.717) is 6.54 Å². The van der Waals surface area contributed by atoms with Crippen LogP contribution in [0.25, 0.3) is 11.3 Å². The van der Waals surface area contributed by atoms with Crippen LogP contribution in [0.2, 0.25) is 0 Å². The van der Waals surface area contributed by atoms with Crippen LogP contribution >= 0.6 is 0 Å². The lowest BCUT2D eigenvalue weighted by Crippen LogP contribution is -2.40. The Morgan fingerprint density at radius 1 is 1.26 bits per heavy atom. The lowest BCUT2D eigenvalue weighted by Gasteiger charge is -2.28. The van der Waals surface area contributed by atoms with Gasteiger partial charge in [0.15, 0.2) is 9.84 Å². The second kappa shape index (κ2) is 6.80. The van der Waals surface area contributed by atoms with Gasteiger partial charge in [-0.1, -0.05) is 0 Å². The van der Waals surface area contributed by atoms with Crippen molar-refractivity contribution in [2.24, 2.45) is 0 Å². The zero-order valence-electron chi connectivity index (χ0n) is 13.7. The van der Waals surface area contributed by atoms with Gasteiger partial charge in [-0.3, -0.25) is 10.00 Å². The maximum absolute atomic E-state index is 13.1. The number of sulfone groups is 1. The summed E-state index contributed by atoms with van der Waals surface area (Å²) in [4.78, 5) is 1.98. The Morgan fingerprint density at radius 3 is 2.43 bits per heavy atom. The van der Waals surface area contributed by atoms with Gasteiger partial charge in [0, 0.05) is 30.0 Å². The number of nitrogens with zero attached hydrogens (tertiary/aromatic N) is 2. The smallest absolute Gasteiger partial charge is 0.151 e. The van der Waals surface area contributed by atoms with Gasteiger partial charge in [-0.15, -0.1) is 0 Å². The van der Waals surface area contributed by atoms with Crippen molar-refractivity contribution < 1.29 is 12.8 Å². The summed E-state index contributed by atoms with van der Waals surface area (Å²) in [6.45, 7) is 4.15. The van der Waals surface area contributed by atoms with Crippen LogP contribution in [0.1, 0.15) is 19.4 Å². The van der Waals surface area contributed by atoms with Crippen LogP contribution in [0.5, 0.6) is 0 Å². The van der Waals surface area contributed by atoms with Crippen LogP contribution in [-0.4, -0.2) is 48.1 Å². The van der Waals surface area contributed by atoms with E-state index in [9.17, 15) is 12.8 Å². The summed E-state index contributed by atoms with van der Waals surface area (Å²) in [5.41, 5.74) is 2.60. The summed E-state index contributed by atoms with van der Waals surface area (Å²) in [7, 11) is -1.22. The van der Waals surface area contributed by atoms with E-state index in [0.717, 1.165) is 16.8 Å². The molecule has 0 radical (unpaired) electrons. The van der Waals surface area contributed by atoms with Gasteiger partial charge < -0.3 is 0 Å². The summed E-state index contributed by atoms with van der Waals surface area (Å²) in [5, 5.41) is 6.53. The highest BCUT2D eigenvalue weighted by Gasteiger charge is 2.26. The second-order valence-corrected chi connectivity index (χ2v) is 8.37. The van der Waals surface area contributed by atoms with Crippen molar-refractivity contribution in [2.75, 3.05) is 13.3 Å². The molecule has 0 fully saturated rings. The fourth-order valence-electron chi connectivity index (χ4n) is 2.43. The van der Waals surface area contributed by atoms with E-state index in [-0.39, 0.29) is 11.9 Å². The molecule has 0 unspecified atom stereocenters. The van der Waals surface area contributed by atoms with Gasteiger partial charge in [0.05, 0.1) is 17.1 Å². The second-order valence-electron chi connectivity index (χ2n) is 5.97. The minimum absolute atomic E-state index is 0.138. The Labute approximate surface area is 136 Å². The van der Waals surface area contributed by atoms with E-state index >= 15 is 0 Å². The summed E-state index contributed by atoms with van der Waals surface area (Å²) in [6, 6.07) is 6.04. The summed E-state index contributed by atoms with van der Waals surface area (Å²) in [5.74, 6) is -0.289. The predicted molar refractivity (Wildman–Crippen MR) is 89.2 cm³/mol. The maximum atomic E-state index is 13.1. The largest absolute Gasteiger partial charge is 0.298 e. The molecule has 126 valence electrons. The molecule has 2 rings (SSSR count). The van der Waals surface area contributed by atoms with Crippen LogP contribution in [-0.2, 0) is 16.4 Å². The Bertz CT molecular complexity index is 756. The molecule has 1 aromatic carbocycles. The molecule has 5 nitrogen and oxygen atoms in total. The lowest BCUT2D eigenvalue weighted by molar-refractivity contribution is 0.245. The highest BCUT2D eigenvalue weighted by atomic mass is 32.2. The van der Waals surface area contributed by atoms with Crippen molar-refractivity contribution in [1.29, 1.82) is 0 Å². The van der Waals surface area contributed by atoms with Gasteiger partial charge >= 0.3 is 0 Å². The molecule has 2 aromatic rings. The number of hydrogen-bond acceptors (Lipinski definition) is 4. The number of aromatic nitrogens is 2. The Morgan fingerprint density at radius 2 is 1.87 bits per heavy atom. The van der Waals surface area contributed by atoms with Crippen molar-refractivity contribution >= 4 is 9.84 Å². The first-order valence-corrected chi connectivity index (χ1v) is 9.33. The highest BCUT2D eigenvalue weighted by molar-refractivity contribution is 7.91. The van der Waals surface area contributed by atoms with Crippen LogP contribution in [0.3, 0.4) is 0 Å². The third kappa shape index (κ3) is 4.17. The molecule has 1 aromatic heterocycles. The molecule has 1 heterocycles. The topological polar surface area (TPSA) is 66.1 Å². The normalized spacial score (nSPS) is 14.9. The lowest BCUT2D eigenvalue weighted by atomic mass is 10.1. The number of rotatable bonds is 6. The Kier molecular flexibility index (Phi) is 5.21. The van der Waals surface area contributed by atoms with Gasteiger partial charge in [-0.25, -0.2) is 12.8 Å². The van der Waals surface area contributed by atoms with E-state index in [1.807, 2.05) is 18.9 Å². The van der Waals surface area contributed by atoms with E-state index < -0.39 is 15.1 Å². The molecule has 0 bridgehead atoms. The van der Waals surface area contributed by atoms with Crippen LogP contribution in [0, 0.1) is 5.82 Å². The van der Waals surface area contributed by atoms with Crippen molar-refractivity contribution in [3.63, 3.8) is 0 Å². The van der Waals surface area contributed by atoms with Gasteiger partial charge in [0.25, 0.3) is 0 Å². The number of H-pyrrole nitrogens is 1. The monoisotopic (exact) mass is 339 g/mol. The standard InChI is InChI=1S/C16H22FN3O2S/c1-11(12(2)23(4,21)22)20(3)10-14-9-18-19-16(14)13-5-7-15(17)8-6-13/h5-9,11-12H,10H2,1-4H3,(H,18,19)/t11-,12+/m0/s1.